The molecule has 0 spiro atoms. The number of aromatic nitrogens is 1. The minimum Gasteiger partial charge on any atom is -0.443 e. The molecule has 1 aliphatic carbocycles. The van der Waals surface area contributed by atoms with Crippen molar-refractivity contribution >= 4 is 11.6 Å². The second-order valence-electron chi connectivity index (χ2n) is 4.41. The second kappa shape index (κ2) is 4.71. The lowest BCUT2D eigenvalue weighted by Crippen LogP contribution is -2.16. The first-order valence-electron chi connectivity index (χ1n) is 5.85. The number of nitrogens with zero attached hydrogens (tertiary/aromatic N) is 1. The summed E-state index contributed by atoms with van der Waals surface area (Å²) in [7, 11) is 0. The van der Waals surface area contributed by atoms with Crippen LogP contribution in [0.2, 0.25) is 5.02 Å². The van der Waals surface area contributed by atoms with Gasteiger partial charge in [-0.15, -0.1) is 0 Å². The molecule has 1 heterocycles. The normalized spacial score (nSPS) is 15.0. The molecule has 94 valence electrons. The third-order valence-corrected chi connectivity index (χ3v) is 3.18. The molecule has 0 radical (unpaired) electrons. The Labute approximate surface area is 109 Å². The predicted octanol–water partition coefficient (Wildman–Crippen LogP) is 3.39. The number of benzene rings is 1. The van der Waals surface area contributed by atoms with Crippen molar-refractivity contribution in [1.29, 1.82) is 0 Å². The SMILES string of the molecule is Fc1ccc(Cl)cc1-c1ocnc1CNC1CC1. The number of rotatable bonds is 4. The molecule has 1 saturated carbocycles. The largest absolute Gasteiger partial charge is 0.443 e. The topological polar surface area (TPSA) is 38.1 Å². The van der Waals surface area contributed by atoms with Gasteiger partial charge in [0, 0.05) is 17.6 Å². The maximum absolute atomic E-state index is 13.8. The van der Waals surface area contributed by atoms with E-state index in [0.717, 1.165) is 0 Å². The van der Waals surface area contributed by atoms with Gasteiger partial charge < -0.3 is 9.73 Å². The first-order chi connectivity index (χ1) is 8.74. The van der Waals surface area contributed by atoms with Crippen LogP contribution in [-0.4, -0.2) is 11.0 Å². The fourth-order valence-electron chi connectivity index (χ4n) is 1.81. The van der Waals surface area contributed by atoms with Crippen molar-refractivity contribution in [2.45, 2.75) is 25.4 Å². The van der Waals surface area contributed by atoms with Gasteiger partial charge >= 0.3 is 0 Å². The Hall–Kier alpha value is -1.39. The van der Waals surface area contributed by atoms with E-state index in [1.165, 1.54) is 31.4 Å². The van der Waals surface area contributed by atoms with Crippen LogP contribution in [0.5, 0.6) is 0 Å². The van der Waals surface area contributed by atoms with Gasteiger partial charge in [0.1, 0.15) is 11.5 Å². The highest BCUT2D eigenvalue weighted by Gasteiger charge is 2.22. The number of hydrogen-bond acceptors (Lipinski definition) is 3. The molecule has 3 nitrogen and oxygen atoms in total. The van der Waals surface area contributed by atoms with E-state index in [0.29, 0.717) is 34.6 Å². The summed E-state index contributed by atoms with van der Waals surface area (Å²) < 4.78 is 19.0. The van der Waals surface area contributed by atoms with Crippen molar-refractivity contribution < 1.29 is 8.81 Å². The molecule has 0 aliphatic heterocycles. The van der Waals surface area contributed by atoms with Gasteiger partial charge in [-0.05, 0) is 31.0 Å². The van der Waals surface area contributed by atoms with Crippen LogP contribution in [0.3, 0.4) is 0 Å². The standard InChI is InChI=1S/C13H12ClFN2O/c14-8-1-4-11(15)10(5-8)13-12(17-7-18-13)6-16-9-2-3-9/h1,4-5,7,9,16H,2-3,6H2. The zero-order valence-corrected chi connectivity index (χ0v) is 10.4. The Kier molecular flexibility index (Phi) is 3.06. The van der Waals surface area contributed by atoms with Crippen LogP contribution in [-0.2, 0) is 6.54 Å². The first kappa shape index (κ1) is 11.7. The van der Waals surface area contributed by atoms with Gasteiger partial charge in [-0.3, -0.25) is 0 Å². The highest BCUT2D eigenvalue weighted by Crippen LogP contribution is 2.29. The number of hydrogen-bond donors (Lipinski definition) is 1. The lowest BCUT2D eigenvalue weighted by Gasteiger charge is -2.04. The molecule has 0 saturated heterocycles. The number of halogens is 2. The van der Waals surface area contributed by atoms with Crippen molar-refractivity contribution in [3.8, 4) is 11.3 Å². The van der Waals surface area contributed by atoms with E-state index in [1.807, 2.05) is 0 Å². The van der Waals surface area contributed by atoms with E-state index < -0.39 is 0 Å². The lowest BCUT2D eigenvalue weighted by atomic mass is 10.1. The van der Waals surface area contributed by atoms with E-state index >= 15 is 0 Å². The van der Waals surface area contributed by atoms with E-state index in [2.05, 4.69) is 10.3 Å². The van der Waals surface area contributed by atoms with Gasteiger partial charge in [0.15, 0.2) is 12.2 Å². The van der Waals surface area contributed by atoms with Crippen LogP contribution in [0.25, 0.3) is 11.3 Å². The van der Waals surface area contributed by atoms with Crippen LogP contribution in [0, 0.1) is 5.82 Å². The molecule has 1 N–H and O–H groups in total. The van der Waals surface area contributed by atoms with Crippen LogP contribution in [0.1, 0.15) is 18.5 Å². The summed E-state index contributed by atoms with van der Waals surface area (Å²) in [5.41, 5.74) is 1.07. The summed E-state index contributed by atoms with van der Waals surface area (Å²) in [6, 6.07) is 4.97. The molecule has 1 fully saturated rings. The molecular formula is C13H12ClFN2O. The molecular weight excluding hydrogens is 255 g/mol. The summed E-state index contributed by atoms with van der Waals surface area (Å²) in [6.07, 6.45) is 3.72. The van der Waals surface area contributed by atoms with Gasteiger partial charge in [0.2, 0.25) is 0 Å². The maximum atomic E-state index is 13.8. The zero-order valence-electron chi connectivity index (χ0n) is 9.62. The summed E-state index contributed by atoms with van der Waals surface area (Å²) in [6.45, 7) is 0.586. The van der Waals surface area contributed by atoms with E-state index in [9.17, 15) is 4.39 Å². The average molecular weight is 267 g/mol. The van der Waals surface area contributed by atoms with Crippen LogP contribution < -0.4 is 5.32 Å². The Morgan fingerprint density at radius 3 is 3.06 bits per heavy atom. The Morgan fingerprint density at radius 1 is 1.44 bits per heavy atom. The summed E-state index contributed by atoms with van der Waals surface area (Å²) in [4.78, 5) is 4.12. The van der Waals surface area contributed by atoms with Crippen molar-refractivity contribution in [2.75, 3.05) is 0 Å². The molecule has 0 amide bonds. The van der Waals surface area contributed by atoms with Crippen molar-refractivity contribution in [3.63, 3.8) is 0 Å². The van der Waals surface area contributed by atoms with E-state index in [1.54, 1.807) is 6.07 Å². The zero-order chi connectivity index (χ0) is 12.5. The van der Waals surface area contributed by atoms with Crippen molar-refractivity contribution in [1.82, 2.24) is 10.3 Å². The summed E-state index contributed by atoms with van der Waals surface area (Å²) in [5.74, 6) is 0.0898. The van der Waals surface area contributed by atoms with Gasteiger partial charge in [-0.2, -0.15) is 0 Å². The van der Waals surface area contributed by atoms with Gasteiger partial charge in [0.25, 0.3) is 0 Å². The first-order valence-corrected chi connectivity index (χ1v) is 6.23. The van der Waals surface area contributed by atoms with Crippen molar-refractivity contribution in [3.05, 3.63) is 41.1 Å². The molecule has 0 unspecified atom stereocenters. The van der Waals surface area contributed by atoms with Crippen molar-refractivity contribution in [2.24, 2.45) is 0 Å². The minimum absolute atomic E-state index is 0.354. The minimum atomic E-state index is -0.358. The van der Waals surface area contributed by atoms with Gasteiger partial charge in [0.05, 0.1) is 5.56 Å². The van der Waals surface area contributed by atoms with Crippen LogP contribution >= 0.6 is 11.6 Å². The molecule has 1 aromatic carbocycles. The van der Waals surface area contributed by atoms with Crippen LogP contribution in [0.15, 0.2) is 29.0 Å². The molecule has 1 aliphatic rings. The van der Waals surface area contributed by atoms with E-state index in [-0.39, 0.29) is 5.82 Å². The molecule has 3 rings (SSSR count). The number of oxazole rings is 1. The smallest absolute Gasteiger partial charge is 0.181 e. The predicted molar refractivity (Wildman–Crippen MR) is 66.8 cm³/mol. The highest BCUT2D eigenvalue weighted by molar-refractivity contribution is 6.30. The lowest BCUT2D eigenvalue weighted by molar-refractivity contribution is 0.559. The number of nitrogens with one attached hydrogen (secondary N) is 1. The maximum Gasteiger partial charge on any atom is 0.181 e. The highest BCUT2D eigenvalue weighted by atomic mass is 35.5. The van der Waals surface area contributed by atoms with Gasteiger partial charge in [-0.1, -0.05) is 11.6 Å². The molecule has 5 heteroatoms. The molecule has 18 heavy (non-hydrogen) atoms. The fraction of sp³-hybridized carbons (Fsp3) is 0.308. The van der Waals surface area contributed by atoms with E-state index in [4.69, 9.17) is 16.0 Å². The monoisotopic (exact) mass is 266 g/mol. The summed E-state index contributed by atoms with van der Waals surface area (Å²) in [5, 5.41) is 3.80. The fourth-order valence-corrected chi connectivity index (χ4v) is 1.99. The van der Waals surface area contributed by atoms with Crippen LogP contribution in [0.4, 0.5) is 4.39 Å². The molecule has 2 aromatic rings. The molecule has 0 atom stereocenters. The quantitative estimate of drug-likeness (QED) is 0.922. The third kappa shape index (κ3) is 2.40. The molecule has 1 aromatic heterocycles. The molecule has 0 bridgehead atoms. The Morgan fingerprint density at radius 2 is 2.28 bits per heavy atom. The third-order valence-electron chi connectivity index (χ3n) is 2.95. The Balaban J connectivity index is 1.90. The summed E-state index contributed by atoms with van der Waals surface area (Å²) >= 11 is 5.88. The average Bonchev–Trinajstić information content (AvgIpc) is 3.08. The van der Waals surface area contributed by atoms with Gasteiger partial charge in [-0.25, -0.2) is 9.37 Å². The Bertz CT molecular complexity index is 566. The second-order valence-corrected chi connectivity index (χ2v) is 4.84.